The van der Waals surface area contributed by atoms with Crippen molar-refractivity contribution in [2.45, 2.75) is 45.8 Å². The van der Waals surface area contributed by atoms with Gasteiger partial charge in [-0.05, 0) is 46.2 Å². The average Bonchev–Trinajstić information content (AvgIpc) is 2.66. The molecular weight excluding hydrogens is 295 g/mol. The molecule has 1 aliphatic rings. The molecule has 0 bridgehead atoms. The first-order valence-electron chi connectivity index (χ1n) is 7.67. The Bertz CT molecular complexity index is 588. The number of hydrogen-bond donors (Lipinski definition) is 0. The van der Waals surface area contributed by atoms with Crippen molar-refractivity contribution in [1.82, 2.24) is 4.98 Å². The number of carbonyl (C=O) groups is 1. The summed E-state index contributed by atoms with van der Waals surface area (Å²) in [5.74, 6) is 0.398. The molecule has 0 N–H and O–H groups in total. The Labute approximate surface area is 138 Å². The zero-order valence-electron chi connectivity index (χ0n) is 15.0. The van der Waals surface area contributed by atoms with Gasteiger partial charge in [-0.2, -0.15) is 0 Å². The lowest BCUT2D eigenvalue weighted by Gasteiger charge is -2.32. The van der Waals surface area contributed by atoms with Crippen LogP contribution in [0.2, 0.25) is 0 Å². The molecule has 0 atom stereocenters. The van der Waals surface area contributed by atoms with E-state index in [1.807, 2.05) is 40.7 Å². The molecule has 0 aromatic carbocycles. The van der Waals surface area contributed by atoms with Gasteiger partial charge in [0.05, 0.1) is 18.3 Å². The molecule has 23 heavy (non-hydrogen) atoms. The standard InChI is InChI=1S/C16H25BN2O4/c1-11-8-13(19(6)10-14(20)21-7)18-9-12(11)17-22-15(2,3)16(4,5)23-17/h8-9H,10H2,1-7H3. The molecule has 0 amide bonds. The van der Waals surface area contributed by atoms with Gasteiger partial charge >= 0.3 is 13.1 Å². The van der Waals surface area contributed by atoms with E-state index < -0.39 is 7.12 Å². The van der Waals surface area contributed by atoms with Gasteiger partial charge in [0.1, 0.15) is 12.4 Å². The van der Waals surface area contributed by atoms with Gasteiger partial charge in [0.2, 0.25) is 0 Å². The molecule has 0 spiro atoms. The number of pyridine rings is 1. The Balaban J connectivity index is 2.19. The summed E-state index contributed by atoms with van der Waals surface area (Å²) in [6.45, 7) is 10.2. The van der Waals surface area contributed by atoms with Gasteiger partial charge < -0.3 is 18.9 Å². The van der Waals surface area contributed by atoms with Crippen molar-refractivity contribution in [3.05, 3.63) is 17.8 Å². The van der Waals surface area contributed by atoms with Crippen molar-refractivity contribution in [1.29, 1.82) is 0 Å². The van der Waals surface area contributed by atoms with E-state index >= 15 is 0 Å². The molecule has 0 saturated carbocycles. The van der Waals surface area contributed by atoms with Gasteiger partial charge in [-0.3, -0.25) is 4.79 Å². The van der Waals surface area contributed by atoms with Crippen LogP contribution in [-0.2, 0) is 18.8 Å². The number of rotatable bonds is 4. The van der Waals surface area contributed by atoms with E-state index in [4.69, 9.17) is 9.31 Å². The van der Waals surface area contributed by atoms with Crippen molar-refractivity contribution < 1.29 is 18.8 Å². The highest BCUT2D eigenvalue weighted by molar-refractivity contribution is 6.62. The lowest BCUT2D eigenvalue weighted by atomic mass is 9.77. The monoisotopic (exact) mass is 320 g/mol. The first-order valence-corrected chi connectivity index (χ1v) is 7.67. The number of hydrogen-bond acceptors (Lipinski definition) is 6. The van der Waals surface area contributed by atoms with Crippen LogP contribution in [-0.4, -0.2) is 50.0 Å². The first-order chi connectivity index (χ1) is 10.6. The van der Waals surface area contributed by atoms with Crippen LogP contribution in [0.25, 0.3) is 0 Å². The van der Waals surface area contributed by atoms with Crippen LogP contribution in [0.3, 0.4) is 0 Å². The van der Waals surface area contributed by atoms with Crippen LogP contribution in [0.4, 0.5) is 5.82 Å². The SMILES string of the molecule is COC(=O)CN(C)c1cc(C)c(B2OC(C)(C)C(C)(C)O2)cn1. The molecule has 1 fully saturated rings. The molecule has 2 heterocycles. The minimum absolute atomic E-state index is 0.152. The molecule has 1 aromatic heterocycles. The molecule has 0 radical (unpaired) electrons. The van der Waals surface area contributed by atoms with Gasteiger partial charge in [-0.25, -0.2) is 4.98 Å². The highest BCUT2D eigenvalue weighted by atomic mass is 16.7. The quantitative estimate of drug-likeness (QED) is 0.616. The van der Waals surface area contributed by atoms with Crippen molar-refractivity contribution in [3.8, 4) is 0 Å². The van der Waals surface area contributed by atoms with Crippen LogP contribution in [0.1, 0.15) is 33.3 Å². The second-order valence-corrected chi connectivity index (χ2v) is 6.92. The van der Waals surface area contributed by atoms with E-state index in [9.17, 15) is 4.79 Å². The van der Waals surface area contributed by atoms with Gasteiger partial charge in [0, 0.05) is 18.7 Å². The van der Waals surface area contributed by atoms with E-state index in [1.165, 1.54) is 7.11 Å². The molecule has 126 valence electrons. The minimum atomic E-state index is -0.438. The summed E-state index contributed by atoms with van der Waals surface area (Å²) in [7, 11) is 2.73. The number of methoxy groups -OCH3 is 1. The molecular formula is C16H25BN2O4. The summed E-state index contributed by atoms with van der Waals surface area (Å²) in [6.07, 6.45) is 1.75. The predicted molar refractivity (Wildman–Crippen MR) is 90.0 cm³/mol. The van der Waals surface area contributed by atoms with Crippen LogP contribution in [0.5, 0.6) is 0 Å². The third-order valence-electron chi connectivity index (χ3n) is 4.63. The maximum atomic E-state index is 11.4. The molecule has 2 rings (SSSR count). The number of carbonyl (C=O) groups excluding carboxylic acids is 1. The highest BCUT2D eigenvalue weighted by Crippen LogP contribution is 2.36. The van der Waals surface area contributed by atoms with Crippen molar-refractivity contribution in [3.63, 3.8) is 0 Å². The lowest BCUT2D eigenvalue weighted by Crippen LogP contribution is -2.41. The Hall–Kier alpha value is -1.60. The van der Waals surface area contributed by atoms with Crippen molar-refractivity contribution in [2.24, 2.45) is 0 Å². The number of esters is 1. The van der Waals surface area contributed by atoms with Gasteiger partial charge in [0.25, 0.3) is 0 Å². The summed E-state index contributed by atoms with van der Waals surface area (Å²) >= 11 is 0. The van der Waals surface area contributed by atoms with Crippen molar-refractivity contribution >= 4 is 24.4 Å². The van der Waals surface area contributed by atoms with E-state index in [1.54, 1.807) is 18.1 Å². The topological polar surface area (TPSA) is 60.9 Å². The molecule has 1 aromatic rings. The number of aryl methyl sites for hydroxylation is 1. The smallest absolute Gasteiger partial charge is 0.468 e. The minimum Gasteiger partial charge on any atom is -0.468 e. The summed E-state index contributed by atoms with van der Waals surface area (Å²) in [6, 6.07) is 1.92. The molecule has 0 aliphatic carbocycles. The van der Waals surface area contributed by atoms with Crippen molar-refractivity contribution in [2.75, 3.05) is 25.6 Å². The maximum Gasteiger partial charge on any atom is 0.496 e. The fourth-order valence-corrected chi connectivity index (χ4v) is 2.32. The van der Waals surface area contributed by atoms with Gasteiger partial charge in [-0.1, -0.05) is 0 Å². The fraction of sp³-hybridized carbons (Fsp3) is 0.625. The normalized spacial score (nSPS) is 18.8. The van der Waals surface area contributed by atoms with Crippen LogP contribution < -0.4 is 10.4 Å². The number of nitrogens with zero attached hydrogens (tertiary/aromatic N) is 2. The van der Waals surface area contributed by atoms with Gasteiger partial charge in [-0.15, -0.1) is 0 Å². The third kappa shape index (κ3) is 3.51. The second kappa shape index (κ2) is 6.13. The average molecular weight is 320 g/mol. The Morgan fingerprint density at radius 2 is 1.87 bits per heavy atom. The third-order valence-corrected chi connectivity index (χ3v) is 4.63. The molecule has 1 aliphatic heterocycles. The Kier molecular flexibility index (Phi) is 4.73. The van der Waals surface area contributed by atoms with Crippen LogP contribution >= 0.6 is 0 Å². The zero-order valence-corrected chi connectivity index (χ0v) is 15.0. The van der Waals surface area contributed by atoms with E-state index in [2.05, 4.69) is 9.72 Å². The number of ether oxygens (including phenoxy) is 1. The number of aromatic nitrogens is 1. The number of anilines is 1. The molecule has 6 nitrogen and oxygen atoms in total. The van der Waals surface area contributed by atoms with Crippen LogP contribution in [0.15, 0.2) is 12.3 Å². The summed E-state index contributed by atoms with van der Waals surface area (Å²) in [5.41, 5.74) is 1.14. The zero-order chi connectivity index (χ0) is 17.4. The van der Waals surface area contributed by atoms with E-state index in [0.29, 0.717) is 5.82 Å². The summed E-state index contributed by atoms with van der Waals surface area (Å²) < 4.78 is 16.8. The van der Waals surface area contributed by atoms with E-state index in [-0.39, 0.29) is 23.7 Å². The molecule has 7 heteroatoms. The second-order valence-electron chi connectivity index (χ2n) is 6.92. The summed E-state index contributed by atoms with van der Waals surface area (Å²) in [4.78, 5) is 17.5. The molecule has 0 unspecified atom stereocenters. The lowest BCUT2D eigenvalue weighted by molar-refractivity contribution is -0.138. The fourth-order valence-electron chi connectivity index (χ4n) is 2.32. The summed E-state index contributed by atoms with van der Waals surface area (Å²) in [5, 5.41) is 0. The Morgan fingerprint density at radius 3 is 2.35 bits per heavy atom. The van der Waals surface area contributed by atoms with Crippen LogP contribution in [0, 0.1) is 6.92 Å². The highest BCUT2D eigenvalue weighted by Gasteiger charge is 2.52. The van der Waals surface area contributed by atoms with Gasteiger partial charge in [0.15, 0.2) is 0 Å². The molecule has 1 saturated heterocycles. The first kappa shape index (κ1) is 17.8. The predicted octanol–water partition coefficient (Wildman–Crippen LogP) is 1.30. The number of likely N-dealkylation sites (N-methyl/N-ethyl adjacent to an activating group) is 1. The van der Waals surface area contributed by atoms with E-state index in [0.717, 1.165) is 11.0 Å². The Morgan fingerprint density at radius 1 is 1.30 bits per heavy atom. The largest absolute Gasteiger partial charge is 0.496 e. The maximum absolute atomic E-state index is 11.4.